The second-order valence-electron chi connectivity index (χ2n) is 6.53. The zero-order chi connectivity index (χ0) is 18.6. The standard InChI is InChI=1S/C19H21FN4O3/c20-15-3-1-2-4-17(15)27-13-18(25)24-6-5-14-11-21-19(22-16(14)12-24)23-7-9-26-10-8-23/h1-4,11H,5-10,12-13H2. The Hall–Kier alpha value is -2.74. The number of hydrogen-bond donors (Lipinski definition) is 0. The SMILES string of the molecule is O=C(COc1ccccc1F)N1CCc2cnc(N3CCOCC3)nc2C1. The monoisotopic (exact) mass is 372 g/mol. The lowest BCUT2D eigenvalue weighted by molar-refractivity contribution is -0.134. The number of anilines is 1. The maximum atomic E-state index is 13.6. The van der Waals surface area contributed by atoms with Crippen LogP contribution < -0.4 is 9.64 Å². The molecular formula is C19H21FN4O3. The molecule has 4 rings (SSSR count). The predicted octanol–water partition coefficient (Wildman–Crippen LogP) is 1.42. The van der Waals surface area contributed by atoms with Crippen molar-refractivity contribution in [2.45, 2.75) is 13.0 Å². The lowest BCUT2D eigenvalue weighted by Crippen LogP contribution is -2.40. The van der Waals surface area contributed by atoms with Gasteiger partial charge in [-0.1, -0.05) is 12.1 Å². The number of halogens is 1. The van der Waals surface area contributed by atoms with Crippen LogP contribution >= 0.6 is 0 Å². The summed E-state index contributed by atoms with van der Waals surface area (Å²) in [5.41, 5.74) is 1.92. The molecule has 1 aromatic carbocycles. The summed E-state index contributed by atoms with van der Waals surface area (Å²) in [6.07, 6.45) is 2.55. The van der Waals surface area contributed by atoms with Crippen molar-refractivity contribution in [3.63, 3.8) is 0 Å². The Labute approximate surface area is 156 Å². The number of nitrogens with zero attached hydrogens (tertiary/aromatic N) is 4. The molecule has 1 fully saturated rings. The van der Waals surface area contributed by atoms with Gasteiger partial charge >= 0.3 is 0 Å². The number of benzene rings is 1. The third kappa shape index (κ3) is 4.00. The van der Waals surface area contributed by atoms with Crippen LogP contribution in [0, 0.1) is 5.82 Å². The van der Waals surface area contributed by atoms with E-state index in [0.29, 0.717) is 38.7 Å². The van der Waals surface area contributed by atoms with E-state index in [2.05, 4.69) is 14.9 Å². The molecule has 2 aromatic rings. The van der Waals surface area contributed by atoms with E-state index in [1.165, 1.54) is 12.1 Å². The average molecular weight is 372 g/mol. The molecule has 1 amide bonds. The van der Waals surface area contributed by atoms with Crippen LogP contribution in [0.4, 0.5) is 10.3 Å². The van der Waals surface area contributed by atoms with Crippen LogP contribution in [0.2, 0.25) is 0 Å². The minimum absolute atomic E-state index is 0.0835. The Morgan fingerprint density at radius 1 is 1.22 bits per heavy atom. The summed E-state index contributed by atoms with van der Waals surface area (Å²) < 4.78 is 24.3. The van der Waals surface area contributed by atoms with Gasteiger partial charge in [-0.05, 0) is 24.1 Å². The van der Waals surface area contributed by atoms with Crippen molar-refractivity contribution in [3.8, 4) is 5.75 Å². The topological polar surface area (TPSA) is 67.8 Å². The van der Waals surface area contributed by atoms with E-state index in [4.69, 9.17) is 9.47 Å². The average Bonchev–Trinajstić information content (AvgIpc) is 2.73. The van der Waals surface area contributed by atoms with Gasteiger partial charge in [0.15, 0.2) is 18.2 Å². The number of carbonyl (C=O) groups excluding carboxylic acids is 1. The summed E-state index contributed by atoms with van der Waals surface area (Å²) in [6, 6.07) is 6.07. The van der Waals surface area contributed by atoms with Crippen LogP contribution in [0.25, 0.3) is 0 Å². The van der Waals surface area contributed by atoms with Crippen LogP contribution in [0.1, 0.15) is 11.3 Å². The molecule has 0 atom stereocenters. The predicted molar refractivity (Wildman–Crippen MR) is 96.1 cm³/mol. The minimum Gasteiger partial charge on any atom is -0.481 e. The number of hydrogen-bond acceptors (Lipinski definition) is 6. The molecule has 0 N–H and O–H groups in total. The summed E-state index contributed by atoms with van der Waals surface area (Å²) in [5, 5.41) is 0. The molecule has 7 nitrogen and oxygen atoms in total. The van der Waals surface area contributed by atoms with Crippen molar-refractivity contribution in [1.82, 2.24) is 14.9 Å². The molecule has 2 aliphatic rings. The molecule has 1 saturated heterocycles. The fourth-order valence-corrected chi connectivity index (χ4v) is 3.21. The van der Waals surface area contributed by atoms with Crippen molar-refractivity contribution in [1.29, 1.82) is 0 Å². The molecule has 0 radical (unpaired) electrons. The number of rotatable bonds is 4. The van der Waals surface area contributed by atoms with Crippen molar-refractivity contribution < 1.29 is 18.7 Å². The number of morpholine rings is 1. The summed E-state index contributed by atoms with van der Waals surface area (Å²) >= 11 is 0. The Morgan fingerprint density at radius 3 is 2.85 bits per heavy atom. The summed E-state index contributed by atoms with van der Waals surface area (Å²) in [7, 11) is 0. The van der Waals surface area contributed by atoms with Crippen molar-refractivity contribution in [2.24, 2.45) is 0 Å². The number of aromatic nitrogens is 2. The second-order valence-corrected chi connectivity index (χ2v) is 6.53. The van der Waals surface area contributed by atoms with Gasteiger partial charge in [0.1, 0.15) is 0 Å². The van der Waals surface area contributed by atoms with Crippen LogP contribution in [0.3, 0.4) is 0 Å². The molecule has 3 heterocycles. The van der Waals surface area contributed by atoms with E-state index in [1.54, 1.807) is 17.0 Å². The van der Waals surface area contributed by atoms with Gasteiger partial charge < -0.3 is 19.3 Å². The number of ether oxygens (including phenoxy) is 2. The highest BCUT2D eigenvalue weighted by Gasteiger charge is 2.24. The Kier molecular flexibility index (Phi) is 5.15. The normalized spacial score (nSPS) is 16.8. The Morgan fingerprint density at radius 2 is 2.04 bits per heavy atom. The number of fused-ring (bicyclic) bond motifs is 1. The van der Waals surface area contributed by atoms with E-state index >= 15 is 0 Å². The molecule has 27 heavy (non-hydrogen) atoms. The molecule has 2 aliphatic heterocycles. The smallest absolute Gasteiger partial charge is 0.260 e. The van der Waals surface area contributed by atoms with Gasteiger partial charge in [0.25, 0.3) is 5.91 Å². The van der Waals surface area contributed by atoms with E-state index in [0.717, 1.165) is 24.3 Å². The molecule has 0 unspecified atom stereocenters. The highest BCUT2D eigenvalue weighted by Crippen LogP contribution is 2.21. The fourth-order valence-electron chi connectivity index (χ4n) is 3.21. The van der Waals surface area contributed by atoms with E-state index < -0.39 is 5.82 Å². The van der Waals surface area contributed by atoms with Gasteiger partial charge in [0, 0.05) is 25.8 Å². The van der Waals surface area contributed by atoms with Gasteiger partial charge in [0.05, 0.1) is 25.5 Å². The van der Waals surface area contributed by atoms with E-state index in [-0.39, 0.29) is 18.3 Å². The fraction of sp³-hybridized carbons (Fsp3) is 0.421. The highest BCUT2D eigenvalue weighted by molar-refractivity contribution is 5.78. The van der Waals surface area contributed by atoms with Crippen molar-refractivity contribution >= 4 is 11.9 Å². The maximum absolute atomic E-state index is 13.6. The number of amides is 1. The first-order valence-electron chi connectivity index (χ1n) is 9.03. The largest absolute Gasteiger partial charge is 0.481 e. The molecule has 0 bridgehead atoms. The van der Waals surface area contributed by atoms with Crippen molar-refractivity contribution in [3.05, 3.63) is 47.5 Å². The van der Waals surface area contributed by atoms with Gasteiger partial charge in [-0.25, -0.2) is 14.4 Å². The first-order chi connectivity index (χ1) is 13.2. The maximum Gasteiger partial charge on any atom is 0.260 e. The van der Waals surface area contributed by atoms with E-state index in [1.807, 2.05) is 6.20 Å². The summed E-state index contributed by atoms with van der Waals surface area (Å²) in [6.45, 7) is 3.64. The van der Waals surface area contributed by atoms with Gasteiger partial charge in [-0.15, -0.1) is 0 Å². The summed E-state index contributed by atoms with van der Waals surface area (Å²) in [5.74, 6) is 0.0989. The number of para-hydroxylation sites is 1. The zero-order valence-electron chi connectivity index (χ0n) is 14.9. The van der Waals surface area contributed by atoms with Gasteiger partial charge in [-0.2, -0.15) is 0 Å². The molecular weight excluding hydrogens is 351 g/mol. The zero-order valence-corrected chi connectivity index (χ0v) is 14.9. The third-order valence-electron chi connectivity index (χ3n) is 4.77. The second kappa shape index (κ2) is 7.87. The Balaban J connectivity index is 1.40. The van der Waals surface area contributed by atoms with Gasteiger partial charge in [0.2, 0.25) is 5.95 Å². The van der Waals surface area contributed by atoms with Crippen LogP contribution in [-0.4, -0.2) is 60.2 Å². The highest BCUT2D eigenvalue weighted by atomic mass is 19.1. The van der Waals surface area contributed by atoms with Crippen LogP contribution in [0.5, 0.6) is 5.75 Å². The number of carbonyl (C=O) groups is 1. The lowest BCUT2D eigenvalue weighted by Gasteiger charge is -2.30. The van der Waals surface area contributed by atoms with Crippen LogP contribution in [0.15, 0.2) is 30.5 Å². The third-order valence-corrected chi connectivity index (χ3v) is 4.77. The van der Waals surface area contributed by atoms with Gasteiger partial charge in [-0.3, -0.25) is 4.79 Å². The molecule has 142 valence electrons. The Bertz CT molecular complexity index is 826. The van der Waals surface area contributed by atoms with Crippen molar-refractivity contribution in [2.75, 3.05) is 44.4 Å². The summed E-state index contributed by atoms with van der Waals surface area (Å²) in [4.78, 5) is 25.4. The molecule has 0 spiro atoms. The molecule has 0 saturated carbocycles. The molecule has 8 heteroatoms. The quantitative estimate of drug-likeness (QED) is 0.809. The van der Waals surface area contributed by atoms with Crippen LogP contribution in [-0.2, 0) is 22.5 Å². The molecule has 0 aliphatic carbocycles. The van der Waals surface area contributed by atoms with E-state index in [9.17, 15) is 9.18 Å². The first kappa shape index (κ1) is 17.7. The first-order valence-corrected chi connectivity index (χ1v) is 9.03. The lowest BCUT2D eigenvalue weighted by atomic mass is 10.1. The molecule has 1 aromatic heterocycles. The minimum atomic E-state index is -0.475.